The summed E-state index contributed by atoms with van der Waals surface area (Å²) in [6.45, 7) is 17.5. The van der Waals surface area contributed by atoms with Gasteiger partial charge in [0.2, 0.25) is 0 Å². The molecule has 2 aliphatic rings. The van der Waals surface area contributed by atoms with Gasteiger partial charge in [-0.15, -0.1) is 0 Å². The molecule has 3 nitrogen and oxygen atoms in total. The average Bonchev–Trinajstić information content (AvgIpc) is 2.80. The minimum absolute atomic E-state index is 0.251. The summed E-state index contributed by atoms with van der Waals surface area (Å²) in [6.07, 6.45) is 18.5. The molecule has 37 heavy (non-hydrogen) atoms. The van der Waals surface area contributed by atoms with Crippen LogP contribution < -0.4 is 5.32 Å². The van der Waals surface area contributed by atoms with Gasteiger partial charge in [-0.25, -0.2) is 0 Å². The summed E-state index contributed by atoms with van der Waals surface area (Å²) in [5.74, 6) is 0. The Kier molecular flexibility index (Phi) is 7.88. The molecule has 1 atom stereocenters. The van der Waals surface area contributed by atoms with E-state index in [2.05, 4.69) is 95.2 Å². The van der Waals surface area contributed by atoms with E-state index < -0.39 is 5.60 Å². The van der Waals surface area contributed by atoms with Crippen molar-refractivity contribution in [2.24, 2.45) is 5.41 Å². The second-order valence-corrected chi connectivity index (χ2v) is 12.2. The molecule has 0 saturated carbocycles. The normalized spacial score (nSPS) is 22.1. The summed E-state index contributed by atoms with van der Waals surface area (Å²) in [6, 6.07) is 3.88. The molecular formula is C33H41ClN2O. The van der Waals surface area contributed by atoms with Gasteiger partial charge in [-0.2, -0.15) is 0 Å². The second kappa shape index (κ2) is 10.6. The number of rotatable bonds is 5. The van der Waals surface area contributed by atoms with E-state index >= 15 is 0 Å². The Labute approximate surface area is 228 Å². The fraction of sp³-hybridized carbons (Fsp3) is 0.424. The number of nitrogens with one attached hydrogen (secondary N) is 1. The molecule has 4 rings (SSSR count). The molecule has 1 aromatic carbocycles. The van der Waals surface area contributed by atoms with Crippen LogP contribution >= 0.6 is 11.6 Å². The van der Waals surface area contributed by atoms with Gasteiger partial charge >= 0.3 is 0 Å². The molecule has 0 bridgehead atoms. The molecule has 1 unspecified atom stereocenters. The van der Waals surface area contributed by atoms with Gasteiger partial charge in [0.1, 0.15) is 6.23 Å². The number of anilines is 1. The summed E-state index contributed by atoms with van der Waals surface area (Å²) in [4.78, 5) is 4.68. The summed E-state index contributed by atoms with van der Waals surface area (Å²) in [7, 11) is 0. The van der Waals surface area contributed by atoms with Gasteiger partial charge in [-0.3, -0.25) is 4.98 Å². The monoisotopic (exact) mass is 516 g/mol. The molecule has 2 heterocycles. The number of aryl methyl sites for hydroxylation is 1. The fourth-order valence-electron chi connectivity index (χ4n) is 5.72. The average molecular weight is 517 g/mol. The summed E-state index contributed by atoms with van der Waals surface area (Å²) >= 11 is 6.45. The van der Waals surface area contributed by atoms with Crippen molar-refractivity contribution in [3.8, 4) is 0 Å². The molecule has 196 valence electrons. The van der Waals surface area contributed by atoms with Crippen molar-refractivity contribution in [3.63, 3.8) is 0 Å². The lowest BCUT2D eigenvalue weighted by Gasteiger charge is -2.39. The van der Waals surface area contributed by atoms with E-state index in [-0.39, 0.29) is 11.6 Å². The Morgan fingerprint density at radius 1 is 1.11 bits per heavy atom. The number of benzene rings is 1. The van der Waals surface area contributed by atoms with Crippen molar-refractivity contribution in [1.29, 1.82) is 0 Å². The van der Waals surface area contributed by atoms with Crippen molar-refractivity contribution < 1.29 is 4.74 Å². The molecule has 0 spiro atoms. The van der Waals surface area contributed by atoms with Crippen LogP contribution in [0.2, 0.25) is 5.02 Å². The third-order valence-electron chi connectivity index (χ3n) is 7.74. The van der Waals surface area contributed by atoms with Gasteiger partial charge in [-0.05, 0) is 95.6 Å². The predicted molar refractivity (Wildman–Crippen MR) is 159 cm³/mol. The second-order valence-electron chi connectivity index (χ2n) is 11.8. The highest BCUT2D eigenvalue weighted by molar-refractivity contribution is 6.32. The molecule has 1 aliphatic heterocycles. The van der Waals surface area contributed by atoms with Crippen LogP contribution in [-0.2, 0) is 10.3 Å². The Hall–Kier alpha value is -2.62. The van der Waals surface area contributed by atoms with Crippen molar-refractivity contribution >= 4 is 28.2 Å². The number of pyridine rings is 1. The zero-order valence-electron chi connectivity index (χ0n) is 23.6. The first-order valence-corrected chi connectivity index (χ1v) is 13.7. The van der Waals surface area contributed by atoms with E-state index in [1.165, 1.54) is 36.0 Å². The van der Waals surface area contributed by atoms with E-state index in [9.17, 15) is 0 Å². The standard InChI is InChI=1S/C33H41ClN2O/c1-21(14-15-25-23(3)13-10-18-32(25,5)6)11-9-12-22(2)19-29-36-28-20-35-27-17-16-26(34)24(4)30(27)31(28)33(7,8)37-29/h9,11-12,14-17,19-20,29,36H,10,13,18H2,1-8H3/b12-9+,15-14+,21-11+,22-19+. The van der Waals surface area contributed by atoms with Crippen LogP contribution in [0.1, 0.15) is 78.9 Å². The van der Waals surface area contributed by atoms with Gasteiger partial charge < -0.3 is 10.1 Å². The maximum atomic E-state index is 6.51. The zero-order valence-corrected chi connectivity index (χ0v) is 24.4. The Morgan fingerprint density at radius 3 is 2.59 bits per heavy atom. The fourth-order valence-corrected chi connectivity index (χ4v) is 5.88. The molecule has 4 heteroatoms. The van der Waals surface area contributed by atoms with Crippen LogP contribution in [0.15, 0.2) is 77.1 Å². The molecule has 0 radical (unpaired) electrons. The van der Waals surface area contributed by atoms with Crippen LogP contribution in [0.4, 0.5) is 5.69 Å². The van der Waals surface area contributed by atoms with Crippen LogP contribution in [-0.4, -0.2) is 11.2 Å². The van der Waals surface area contributed by atoms with Crippen molar-refractivity contribution in [1.82, 2.24) is 4.98 Å². The van der Waals surface area contributed by atoms with Gasteiger partial charge in [0.15, 0.2) is 0 Å². The third-order valence-corrected chi connectivity index (χ3v) is 8.15. The van der Waals surface area contributed by atoms with Gasteiger partial charge in [0.05, 0.1) is 23.0 Å². The number of hydrogen-bond donors (Lipinski definition) is 1. The third kappa shape index (κ3) is 5.94. The van der Waals surface area contributed by atoms with Gasteiger partial charge in [0, 0.05) is 16.0 Å². The number of fused-ring (bicyclic) bond motifs is 3. The lowest BCUT2D eigenvalue weighted by molar-refractivity contribution is -0.0505. The predicted octanol–water partition coefficient (Wildman–Crippen LogP) is 9.73. The van der Waals surface area contributed by atoms with Gasteiger partial charge in [-0.1, -0.05) is 72.5 Å². The van der Waals surface area contributed by atoms with Crippen molar-refractivity contribution in [2.45, 2.75) is 86.5 Å². The molecule has 2 aromatic rings. The summed E-state index contributed by atoms with van der Waals surface area (Å²) < 4.78 is 6.51. The van der Waals surface area contributed by atoms with Crippen LogP contribution in [0.5, 0.6) is 0 Å². The largest absolute Gasteiger partial charge is 0.355 e. The van der Waals surface area contributed by atoms with Gasteiger partial charge in [0.25, 0.3) is 0 Å². The number of ether oxygens (including phenoxy) is 1. The Balaban J connectivity index is 1.50. The van der Waals surface area contributed by atoms with Crippen LogP contribution in [0.3, 0.4) is 0 Å². The molecule has 0 saturated heterocycles. The Bertz CT molecular complexity index is 1350. The van der Waals surface area contributed by atoms with Crippen molar-refractivity contribution in [2.75, 3.05) is 5.32 Å². The van der Waals surface area contributed by atoms with Crippen molar-refractivity contribution in [3.05, 3.63) is 93.2 Å². The highest BCUT2D eigenvalue weighted by Gasteiger charge is 2.35. The van der Waals surface area contributed by atoms with E-state index in [4.69, 9.17) is 16.3 Å². The van der Waals surface area contributed by atoms with E-state index in [1.54, 1.807) is 0 Å². The molecule has 1 N–H and O–H groups in total. The summed E-state index contributed by atoms with van der Waals surface area (Å²) in [5, 5.41) is 5.33. The quantitative estimate of drug-likeness (QED) is 0.401. The maximum Gasteiger partial charge on any atom is 0.148 e. The zero-order chi connectivity index (χ0) is 27.0. The minimum atomic E-state index is -0.497. The molecule has 1 aromatic heterocycles. The smallest absolute Gasteiger partial charge is 0.148 e. The first-order chi connectivity index (χ1) is 17.4. The van der Waals surface area contributed by atoms with Crippen LogP contribution in [0.25, 0.3) is 10.9 Å². The number of allylic oxidation sites excluding steroid dienone is 9. The van der Waals surface area contributed by atoms with E-state index in [0.717, 1.165) is 38.3 Å². The summed E-state index contributed by atoms with van der Waals surface area (Å²) in [5.41, 5.74) is 9.21. The number of aromatic nitrogens is 1. The van der Waals surface area contributed by atoms with Crippen LogP contribution in [0, 0.1) is 12.3 Å². The number of hydrogen-bond acceptors (Lipinski definition) is 3. The SMILES string of the molecule is CC1=C(/C=C/C(C)=C/C=C/C(C)=C/C2Nc3cnc4ccc(Cl)c(C)c4c3C(C)(C)O2)C(C)(C)CCC1. The highest BCUT2D eigenvalue weighted by atomic mass is 35.5. The topological polar surface area (TPSA) is 34.2 Å². The van der Waals surface area contributed by atoms with E-state index in [1.807, 2.05) is 25.3 Å². The molecule has 0 amide bonds. The molecule has 0 fully saturated rings. The first kappa shape index (κ1) is 27.4. The first-order valence-electron chi connectivity index (χ1n) is 13.3. The Morgan fingerprint density at radius 2 is 1.86 bits per heavy atom. The highest BCUT2D eigenvalue weighted by Crippen LogP contribution is 2.43. The molecular weight excluding hydrogens is 476 g/mol. The lowest BCUT2D eigenvalue weighted by atomic mass is 9.72. The number of halogens is 1. The van der Waals surface area contributed by atoms with E-state index in [0.29, 0.717) is 0 Å². The minimum Gasteiger partial charge on any atom is -0.355 e. The number of nitrogens with zero attached hydrogens (tertiary/aromatic N) is 1. The molecule has 1 aliphatic carbocycles. The maximum absolute atomic E-state index is 6.51. The lowest BCUT2D eigenvalue weighted by Crippen LogP contribution is -2.38.